The van der Waals surface area contributed by atoms with E-state index in [-0.39, 0.29) is 0 Å². The van der Waals surface area contributed by atoms with Gasteiger partial charge in [0, 0.05) is 5.02 Å². The largest absolute Gasteiger partial charge is 0.382 e. The number of rotatable bonds is 1. The lowest BCUT2D eigenvalue weighted by atomic mass is 10.2. The molecule has 0 atom stereocenters. The number of aryl methyl sites for hydroxylation is 2. The van der Waals surface area contributed by atoms with E-state index >= 15 is 0 Å². The first-order valence-electron chi connectivity index (χ1n) is 5.06. The van der Waals surface area contributed by atoms with Gasteiger partial charge in [0.25, 0.3) is 0 Å². The smallest absolute Gasteiger partial charge is 0.145 e. The Morgan fingerprint density at radius 2 is 2.12 bits per heavy atom. The van der Waals surface area contributed by atoms with Crippen molar-refractivity contribution in [2.45, 2.75) is 13.8 Å². The molecular formula is C12H11ClN4. The monoisotopic (exact) mass is 246 g/mol. The summed E-state index contributed by atoms with van der Waals surface area (Å²) in [5.74, 6) is 0.338. The van der Waals surface area contributed by atoms with Crippen molar-refractivity contribution in [3.8, 4) is 11.8 Å². The highest BCUT2D eigenvalue weighted by atomic mass is 35.5. The second-order valence-corrected chi connectivity index (χ2v) is 4.21. The van der Waals surface area contributed by atoms with Gasteiger partial charge in [-0.25, -0.2) is 4.68 Å². The van der Waals surface area contributed by atoms with E-state index in [1.54, 1.807) is 13.0 Å². The number of hydrogen-bond acceptors (Lipinski definition) is 3. The molecule has 4 nitrogen and oxygen atoms in total. The first kappa shape index (κ1) is 11.5. The quantitative estimate of drug-likeness (QED) is 0.841. The molecule has 0 saturated heterocycles. The van der Waals surface area contributed by atoms with Crippen molar-refractivity contribution in [1.82, 2.24) is 9.78 Å². The SMILES string of the molecule is Cc1ccc(-n2nc(C)c(C#N)c2N)cc1Cl. The molecule has 0 fully saturated rings. The maximum atomic E-state index is 8.95. The molecule has 86 valence electrons. The molecule has 1 heterocycles. The van der Waals surface area contributed by atoms with E-state index in [0.29, 0.717) is 22.1 Å². The number of hydrogen-bond donors (Lipinski definition) is 1. The highest BCUT2D eigenvalue weighted by Gasteiger charge is 2.13. The molecule has 1 aromatic heterocycles. The van der Waals surface area contributed by atoms with Crippen LogP contribution in [0.15, 0.2) is 18.2 Å². The zero-order chi connectivity index (χ0) is 12.6. The fourth-order valence-electron chi connectivity index (χ4n) is 1.59. The number of anilines is 1. The van der Waals surface area contributed by atoms with Gasteiger partial charge < -0.3 is 5.73 Å². The van der Waals surface area contributed by atoms with Gasteiger partial charge in [-0.3, -0.25) is 0 Å². The van der Waals surface area contributed by atoms with Crippen LogP contribution in [0.2, 0.25) is 5.02 Å². The molecule has 0 unspecified atom stereocenters. The van der Waals surface area contributed by atoms with Crippen molar-refractivity contribution in [1.29, 1.82) is 5.26 Å². The molecule has 2 aromatic rings. The van der Waals surface area contributed by atoms with E-state index in [1.807, 2.05) is 25.1 Å². The highest BCUT2D eigenvalue weighted by molar-refractivity contribution is 6.31. The minimum atomic E-state index is 0.338. The summed E-state index contributed by atoms with van der Waals surface area (Å²) in [6.45, 7) is 3.67. The average Bonchev–Trinajstić information content (AvgIpc) is 2.58. The van der Waals surface area contributed by atoms with Crippen LogP contribution in [0.1, 0.15) is 16.8 Å². The van der Waals surface area contributed by atoms with Crippen molar-refractivity contribution in [2.24, 2.45) is 0 Å². The molecule has 2 N–H and O–H groups in total. The average molecular weight is 247 g/mol. The molecule has 17 heavy (non-hydrogen) atoms. The molecule has 0 aliphatic heterocycles. The number of benzene rings is 1. The van der Waals surface area contributed by atoms with Crippen LogP contribution in [0.3, 0.4) is 0 Å². The molecular weight excluding hydrogens is 236 g/mol. The Morgan fingerprint density at radius 3 is 2.65 bits per heavy atom. The third kappa shape index (κ3) is 1.85. The Hall–Kier alpha value is -1.99. The van der Waals surface area contributed by atoms with Gasteiger partial charge in [-0.05, 0) is 31.5 Å². The normalized spacial score (nSPS) is 10.2. The fraction of sp³-hybridized carbons (Fsp3) is 0.167. The van der Waals surface area contributed by atoms with Crippen molar-refractivity contribution in [3.05, 3.63) is 40.0 Å². The van der Waals surface area contributed by atoms with E-state index in [9.17, 15) is 0 Å². The van der Waals surface area contributed by atoms with Crippen LogP contribution in [0.5, 0.6) is 0 Å². The predicted molar refractivity (Wildman–Crippen MR) is 67.2 cm³/mol. The minimum Gasteiger partial charge on any atom is -0.382 e. The van der Waals surface area contributed by atoms with Gasteiger partial charge >= 0.3 is 0 Å². The summed E-state index contributed by atoms with van der Waals surface area (Å²) < 4.78 is 1.53. The second kappa shape index (κ2) is 4.11. The molecule has 0 saturated carbocycles. The number of aromatic nitrogens is 2. The maximum Gasteiger partial charge on any atom is 0.145 e. The maximum absolute atomic E-state index is 8.95. The van der Waals surface area contributed by atoms with Crippen LogP contribution >= 0.6 is 11.6 Å². The van der Waals surface area contributed by atoms with Crippen LogP contribution in [-0.2, 0) is 0 Å². The Bertz CT molecular complexity index is 622. The summed E-state index contributed by atoms with van der Waals surface area (Å²) in [7, 11) is 0. The van der Waals surface area contributed by atoms with Gasteiger partial charge in [0.15, 0.2) is 0 Å². The number of nitrogen functional groups attached to an aromatic ring is 1. The summed E-state index contributed by atoms with van der Waals surface area (Å²) in [5, 5.41) is 13.8. The van der Waals surface area contributed by atoms with E-state index in [4.69, 9.17) is 22.6 Å². The molecule has 0 bridgehead atoms. The van der Waals surface area contributed by atoms with Crippen molar-refractivity contribution in [2.75, 3.05) is 5.73 Å². The van der Waals surface area contributed by atoms with Crippen LogP contribution in [-0.4, -0.2) is 9.78 Å². The number of nitrogens with zero attached hydrogens (tertiary/aromatic N) is 3. The van der Waals surface area contributed by atoms with Gasteiger partial charge in [0.2, 0.25) is 0 Å². The first-order valence-corrected chi connectivity index (χ1v) is 5.44. The third-order valence-electron chi connectivity index (χ3n) is 2.61. The highest BCUT2D eigenvalue weighted by Crippen LogP contribution is 2.23. The van der Waals surface area contributed by atoms with Crippen LogP contribution < -0.4 is 5.73 Å². The predicted octanol–water partition coefficient (Wildman–Crippen LogP) is 2.60. The number of nitriles is 1. The van der Waals surface area contributed by atoms with E-state index < -0.39 is 0 Å². The topological polar surface area (TPSA) is 67.6 Å². The van der Waals surface area contributed by atoms with Crippen LogP contribution in [0, 0.1) is 25.2 Å². The lowest BCUT2D eigenvalue weighted by molar-refractivity contribution is 0.871. The molecule has 5 heteroatoms. The second-order valence-electron chi connectivity index (χ2n) is 3.80. The van der Waals surface area contributed by atoms with E-state index in [1.165, 1.54) is 4.68 Å². The summed E-state index contributed by atoms with van der Waals surface area (Å²) in [4.78, 5) is 0. The molecule has 0 radical (unpaired) electrons. The standard InChI is InChI=1S/C12H11ClN4/c1-7-3-4-9(5-11(7)13)17-12(15)10(6-14)8(2)16-17/h3-5H,15H2,1-2H3. The fourth-order valence-corrected chi connectivity index (χ4v) is 1.77. The first-order chi connectivity index (χ1) is 8.04. The van der Waals surface area contributed by atoms with Crippen molar-refractivity contribution < 1.29 is 0 Å². The van der Waals surface area contributed by atoms with Gasteiger partial charge in [0.1, 0.15) is 17.5 Å². The number of nitrogens with two attached hydrogens (primary N) is 1. The minimum absolute atomic E-state index is 0.338. The molecule has 1 aromatic carbocycles. The Labute approximate surface area is 104 Å². The van der Waals surface area contributed by atoms with Gasteiger partial charge in [-0.2, -0.15) is 10.4 Å². The number of halogens is 1. The third-order valence-corrected chi connectivity index (χ3v) is 3.02. The van der Waals surface area contributed by atoms with Gasteiger partial charge in [-0.15, -0.1) is 0 Å². The molecule has 0 aliphatic rings. The lowest BCUT2D eigenvalue weighted by Crippen LogP contribution is -2.02. The Balaban J connectivity index is 2.62. The van der Waals surface area contributed by atoms with Crippen molar-refractivity contribution in [3.63, 3.8) is 0 Å². The Morgan fingerprint density at radius 1 is 1.41 bits per heavy atom. The lowest BCUT2D eigenvalue weighted by Gasteiger charge is -2.05. The van der Waals surface area contributed by atoms with Gasteiger partial charge in [0.05, 0.1) is 11.4 Å². The summed E-state index contributed by atoms with van der Waals surface area (Å²) in [5.41, 5.74) is 8.62. The van der Waals surface area contributed by atoms with E-state index in [2.05, 4.69) is 5.10 Å². The van der Waals surface area contributed by atoms with Gasteiger partial charge in [-0.1, -0.05) is 17.7 Å². The molecule has 0 aliphatic carbocycles. The van der Waals surface area contributed by atoms with Crippen LogP contribution in [0.4, 0.5) is 5.82 Å². The summed E-state index contributed by atoms with van der Waals surface area (Å²) >= 11 is 6.05. The molecule has 0 spiro atoms. The van der Waals surface area contributed by atoms with Crippen molar-refractivity contribution >= 4 is 17.4 Å². The summed E-state index contributed by atoms with van der Waals surface area (Å²) in [6, 6.07) is 7.57. The Kier molecular flexibility index (Phi) is 2.78. The zero-order valence-electron chi connectivity index (χ0n) is 9.53. The van der Waals surface area contributed by atoms with Crippen LogP contribution in [0.25, 0.3) is 5.69 Å². The molecule has 2 rings (SSSR count). The van der Waals surface area contributed by atoms with E-state index in [0.717, 1.165) is 11.3 Å². The zero-order valence-corrected chi connectivity index (χ0v) is 10.3. The molecule has 0 amide bonds. The summed E-state index contributed by atoms with van der Waals surface area (Å²) in [6.07, 6.45) is 0.